The molecule has 0 fully saturated rings. The first-order valence-electron chi connectivity index (χ1n) is 16.2. The van der Waals surface area contributed by atoms with Crippen LogP contribution in [0.5, 0.6) is 11.5 Å². The van der Waals surface area contributed by atoms with Crippen LogP contribution >= 0.6 is 0 Å². The van der Waals surface area contributed by atoms with Gasteiger partial charge in [0.1, 0.15) is 11.5 Å². The minimum absolute atomic E-state index is 0.361. The van der Waals surface area contributed by atoms with Crippen LogP contribution in [0.1, 0.15) is 33.4 Å². The van der Waals surface area contributed by atoms with Crippen LogP contribution in [-0.4, -0.2) is 11.4 Å². The van der Waals surface area contributed by atoms with Gasteiger partial charge in [-0.3, -0.25) is 0 Å². The summed E-state index contributed by atoms with van der Waals surface area (Å²) >= 11 is 0. The largest absolute Gasteiger partial charge is 0.457 e. The number of allylic oxidation sites excluding steroid dienone is 2. The lowest BCUT2D eigenvalue weighted by Crippen LogP contribution is -2.32. The molecule has 0 aromatic heterocycles. The summed E-state index contributed by atoms with van der Waals surface area (Å²) in [6, 6.07) is 54.7. The van der Waals surface area contributed by atoms with Crippen LogP contribution in [0.2, 0.25) is 0 Å². The topological polar surface area (TPSA) is 56.9 Å². The predicted octanol–water partition coefficient (Wildman–Crippen LogP) is 11.0. The molecule has 9 rings (SSSR count). The molecule has 1 heterocycles. The summed E-state index contributed by atoms with van der Waals surface area (Å²) in [5, 5.41) is 19.6. The van der Waals surface area contributed by atoms with Gasteiger partial charge in [-0.25, -0.2) is 0 Å². The summed E-state index contributed by atoms with van der Waals surface area (Å²) in [7, 11) is 0. The Hall–Kier alpha value is -6.32. The maximum Gasteiger partial charge on any atom is 0.132 e. The normalized spacial score (nSPS) is 13.4. The third-order valence-electron chi connectivity index (χ3n) is 9.87. The molecule has 48 heavy (non-hydrogen) atoms. The Morgan fingerprint density at radius 1 is 0.479 bits per heavy atom. The number of nitrogens with one attached hydrogen (secondary N) is 2. The van der Waals surface area contributed by atoms with Crippen LogP contribution in [-0.2, 0) is 5.41 Å². The van der Waals surface area contributed by atoms with E-state index in [4.69, 9.17) is 15.6 Å². The van der Waals surface area contributed by atoms with Crippen molar-refractivity contribution in [3.8, 4) is 33.8 Å². The van der Waals surface area contributed by atoms with Crippen molar-refractivity contribution in [3.05, 3.63) is 203 Å². The summed E-state index contributed by atoms with van der Waals surface area (Å²) in [6.07, 6.45) is 3.43. The monoisotopic (exact) mass is 614 g/mol. The van der Waals surface area contributed by atoms with Crippen molar-refractivity contribution in [1.29, 1.82) is 10.8 Å². The molecule has 7 aromatic rings. The molecule has 0 atom stereocenters. The smallest absolute Gasteiger partial charge is 0.132 e. The van der Waals surface area contributed by atoms with Gasteiger partial charge in [0.2, 0.25) is 0 Å². The number of para-hydroxylation sites is 1. The van der Waals surface area contributed by atoms with Crippen LogP contribution in [0.4, 0.5) is 0 Å². The highest BCUT2D eigenvalue weighted by Gasteiger charge is 2.50. The van der Waals surface area contributed by atoms with E-state index in [0.717, 1.165) is 55.7 Å². The standard InChI is InChI=1S/C45H30N2O/c46-41(25-26-42(47)36-15-9-11-30-10-1-2-12-33(30)36)31-22-20-29(21-23-31)32-24-27-44-40(28-32)45(39-18-7-8-19-43(39)48-44)37-16-5-3-13-34(37)35-14-4-6-17-38(35)45/h1-28,46-47H/b26-25-,46-41?,47-42?. The summed E-state index contributed by atoms with van der Waals surface area (Å²) in [5.74, 6) is 1.75. The highest BCUT2D eigenvalue weighted by Crippen LogP contribution is 2.62. The highest BCUT2D eigenvalue weighted by molar-refractivity contribution is 6.18. The molecule has 0 saturated carbocycles. The van der Waals surface area contributed by atoms with E-state index in [1.165, 1.54) is 22.3 Å². The predicted molar refractivity (Wildman–Crippen MR) is 196 cm³/mol. The molecule has 226 valence electrons. The Balaban J connectivity index is 1.08. The first kappa shape index (κ1) is 27.9. The van der Waals surface area contributed by atoms with Crippen molar-refractivity contribution in [1.82, 2.24) is 0 Å². The zero-order valence-corrected chi connectivity index (χ0v) is 26.1. The lowest BCUT2D eigenvalue weighted by atomic mass is 9.66. The fourth-order valence-electron chi connectivity index (χ4n) is 7.69. The van der Waals surface area contributed by atoms with Crippen LogP contribution in [0.15, 0.2) is 170 Å². The maximum atomic E-state index is 8.76. The number of rotatable bonds is 5. The van der Waals surface area contributed by atoms with Gasteiger partial charge in [0.25, 0.3) is 0 Å². The Bertz CT molecular complexity index is 2420. The maximum absolute atomic E-state index is 8.76. The molecule has 1 spiro atoms. The first-order chi connectivity index (χ1) is 23.6. The Morgan fingerprint density at radius 2 is 1.06 bits per heavy atom. The zero-order chi connectivity index (χ0) is 32.2. The zero-order valence-electron chi connectivity index (χ0n) is 26.1. The van der Waals surface area contributed by atoms with Crippen molar-refractivity contribution >= 4 is 22.2 Å². The molecule has 0 amide bonds. The first-order valence-corrected chi connectivity index (χ1v) is 16.2. The van der Waals surface area contributed by atoms with Gasteiger partial charge in [0.15, 0.2) is 0 Å². The third-order valence-corrected chi connectivity index (χ3v) is 9.87. The van der Waals surface area contributed by atoms with Gasteiger partial charge in [0, 0.05) is 16.7 Å². The summed E-state index contributed by atoms with van der Waals surface area (Å²) in [6.45, 7) is 0. The molecule has 2 aliphatic rings. The van der Waals surface area contributed by atoms with Crippen LogP contribution < -0.4 is 4.74 Å². The quantitative estimate of drug-likeness (QED) is 0.186. The van der Waals surface area contributed by atoms with E-state index in [1.807, 2.05) is 48.5 Å². The number of hydrogen-bond acceptors (Lipinski definition) is 3. The van der Waals surface area contributed by atoms with Gasteiger partial charge in [-0.2, -0.15) is 0 Å². The van der Waals surface area contributed by atoms with Crippen LogP contribution in [0.25, 0.3) is 33.0 Å². The number of benzene rings is 7. The minimum atomic E-state index is -0.505. The molecule has 3 nitrogen and oxygen atoms in total. The SMILES string of the molecule is N=C(/C=C\C(=N)c1cccc2ccccc12)c1ccc(-c2ccc3c(c2)C2(c4ccccc4O3)c3ccccc3-c3ccccc32)cc1. The molecular weight excluding hydrogens is 585 g/mol. The highest BCUT2D eigenvalue weighted by atomic mass is 16.5. The second-order valence-corrected chi connectivity index (χ2v) is 12.4. The fraction of sp³-hybridized carbons (Fsp3) is 0.0222. The van der Waals surface area contributed by atoms with Crippen molar-refractivity contribution in [3.63, 3.8) is 0 Å². The van der Waals surface area contributed by atoms with Crippen molar-refractivity contribution in [2.45, 2.75) is 5.41 Å². The van der Waals surface area contributed by atoms with Crippen molar-refractivity contribution in [2.75, 3.05) is 0 Å². The Labute approximate surface area is 279 Å². The van der Waals surface area contributed by atoms with Gasteiger partial charge in [-0.1, -0.05) is 140 Å². The van der Waals surface area contributed by atoms with E-state index >= 15 is 0 Å². The minimum Gasteiger partial charge on any atom is -0.457 e. The molecule has 0 saturated heterocycles. The fourth-order valence-corrected chi connectivity index (χ4v) is 7.69. The number of hydrogen-bond donors (Lipinski definition) is 2. The molecule has 0 bridgehead atoms. The summed E-state index contributed by atoms with van der Waals surface area (Å²) < 4.78 is 6.58. The lowest BCUT2D eigenvalue weighted by Gasteiger charge is -2.39. The van der Waals surface area contributed by atoms with Gasteiger partial charge in [0.05, 0.1) is 16.8 Å². The van der Waals surface area contributed by atoms with Crippen molar-refractivity contribution in [2.24, 2.45) is 0 Å². The van der Waals surface area contributed by atoms with Crippen LogP contribution in [0.3, 0.4) is 0 Å². The van der Waals surface area contributed by atoms with Gasteiger partial charge in [-0.15, -0.1) is 0 Å². The van der Waals surface area contributed by atoms with E-state index in [-0.39, 0.29) is 0 Å². The molecule has 1 aliphatic heterocycles. The molecule has 7 aromatic carbocycles. The second kappa shape index (κ2) is 10.9. The summed E-state index contributed by atoms with van der Waals surface area (Å²) in [5.41, 5.74) is 11.4. The Kier molecular flexibility index (Phi) is 6.34. The van der Waals surface area contributed by atoms with E-state index in [1.54, 1.807) is 12.2 Å². The number of fused-ring (bicyclic) bond motifs is 10. The summed E-state index contributed by atoms with van der Waals surface area (Å²) in [4.78, 5) is 0. The third kappa shape index (κ3) is 4.14. The lowest BCUT2D eigenvalue weighted by molar-refractivity contribution is 0.436. The van der Waals surface area contributed by atoms with Gasteiger partial charge < -0.3 is 15.6 Å². The van der Waals surface area contributed by atoms with Gasteiger partial charge >= 0.3 is 0 Å². The van der Waals surface area contributed by atoms with Crippen molar-refractivity contribution < 1.29 is 4.74 Å². The van der Waals surface area contributed by atoms with E-state index in [9.17, 15) is 0 Å². The molecule has 2 N–H and O–H groups in total. The van der Waals surface area contributed by atoms with Gasteiger partial charge in [-0.05, 0) is 80.1 Å². The number of ether oxygens (including phenoxy) is 1. The second-order valence-electron chi connectivity index (χ2n) is 12.4. The van der Waals surface area contributed by atoms with Crippen LogP contribution in [0, 0.1) is 10.8 Å². The van der Waals surface area contributed by atoms with E-state index in [0.29, 0.717) is 11.4 Å². The molecule has 1 aliphatic carbocycles. The molecule has 3 heteroatoms. The van der Waals surface area contributed by atoms with E-state index in [2.05, 4.69) is 109 Å². The van der Waals surface area contributed by atoms with E-state index < -0.39 is 5.41 Å². The molecule has 0 unspecified atom stereocenters. The molecular formula is C45H30N2O. The average molecular weight is 615 g/mol. The molecule has 0 radical (unpaired) electrons. The average Bonchev–Trinajstić information content (AvgIpc) is 3.44. The Morgan fingerprint density at radius 3 is 1.83 bits per heavy atom.